The summed E-state index contributed by atoms with van der Waals surface area (Å²) in [4.78, 5) is 30.7. The second kappa shape index (κ2) is 10.4. The molecule has 8 heteroatoms. The van der Waals surface area contributed by atoms with E-state index < -0.39 is 12.2 Å². The summed E-state index contributed by atoms with van der Waals surface area (Å²) in [6.45, 7) is 5.71. The molecule has 0 spiro atoms. The Kier molecular flexibility index (Phi) is 7.42. The van der Waals surface area contributed by atoms with Crippen molar-refractivity contribution < 1.29 is 24.2 Å². The van der Waals surface area contributed by atoms with Gasteiger partial charge < -0.3 is 24.4 Å². The van der Waals surface area contributed by atoms with Crippen LogP contribution in [0.3, 0.4) is 0 Å². The molecule has 0 aliphatic carbocycles. The van der Waals surface area contributed by atoms with Crippen LogP contribution >= 0.6 is 0 Å². The third kappa shape index (κ3) is 5.75. The standard InChI is InChI=1S/C23H33N3O5/c27-21(16-24-8-5-18-3-1-2-4-20(18)15-24)17-31-23(29)26-9-6-19(7-10-26)22(28)25-11-13-30-14-12-25/h1-4,19,21,27H,5-17H2/t21-/m1/s1. The van der Waals surface area contributed by atoms with Gasteiger partial charge in [-0.25, -0.2) is 4.79 Å². The number of hydrogen-bond donors (Lipinski definition) is 1. The van der Waals surface area contributed by atoms with Gasteiger partial charge in [-0.15, -0.1) is 0 Å². The first-order valence-corrected chi connectivity index (χ1v) is 11.4. The van der Waals surface area contributed by atoms with Crippen molar-refractivity contribution in [3.05, 3.63) is 35.4 Å². The zero-order valence-electron chi connectivity index (χ0n) is 18.1. The molecule has 3 aliphatic rings. The first-order chi connectivity index (χ1) is 15.1. The zero-order valence-corrected chi connectivity index (χ0v) is 18.1. The summed E-state index contributed by atoms with van der Waals surface area (Å²) >= 11 is 0. The average Bonchev–Trinajstić information content (AvgIpc) is 2.82. The number of amides is 2. The summed E-state index contributed by atoms with van der Waals surface area (Å²) in [7, 11) is 0. The minimum Gasteiger partial charge on any atom is -0.447 e. The second-order valence-electron chi connectivity index (χ2n) is 8.68. The fraction of sp³-hybridized carbons (Fsp3) is 0.652. The van der Waals surface area contributed by atoms with Crippen LogP contribution in [-0.4, -0.2) is 97.0 Å². The molecule has 0 aromatic heterocycles. The van der Waals surface area contributed by atoms with Gasteiger partial charge in [0.25, 0.3) is 0 Å². The molecule has 1 aromatic carbocycles. The molecule has 2 amide bonds. The van der Waals surface area contributed by atoms with Gasteiger partial charge in [-0.3, -0.25) is 9.69 Å². The Labute approximate surface area is 183 Å². The highest BCUT2D eigenvalue weighted by molar-refractivity contribution is 5.79. The molecule has 4 rings (SSSR count). The van der Waals surface area contributed by atoms with E-state index in [1.165, 1.54) is 11.1 Å². The molecule has 0 saturated carbocycles. The van der Waals surface area contributed by atoms with Gasteiger partial charge in [0, 0.05) is 51.7 Å². The number of piperidine rings is 1. The summed E-state index contributed by atoms with van der Waals surface area (Å²) in [5, 5.41) is 10.4. The third-order valence-corrected chi connectivity index (χ3v) is 6.50. The van der Waals surface area contributed by atoms with E-state index in [2.05, 4.69) is 23.1 Å². The maximum absolute atomic E-state index is 12.6. The molecule has 0 bridgehead atoms. The average molecular weight is 432 g/mol. The smallest absolute Gasteiger partial charge is 0.409 e. The maximum Gasteiger partial charge on any atom is 0.409 e. The number of ether oxygens (including phenoxy) is 2. The predicted molar refractivity (Wildman–Crippen MR) is 114 cm³/mol. The molecule has 3 heterocycles. The number of rotatable bonds is 5. The minimum atomic E-state index is -0.713. The van der Waals surface area contributed by atoms with Gasteiger partial charge in [0.1, 0.15) is 12.7 Å². The fourth-order valence-corrected chi connectivity index (χ4v) is 4.67. The van der Waals surface area contributed by atoms with Gasteiger partial charge in [0.15, 0.2) is 0 Å². The Bertz CT molecular complexity index is 759. The molecule has 8 nitrogen and oxygen atoms in total. The van der Waals surface area contributed by atoms with E-state index in [1.54, 1.807) is 4.90 Å². The highest BCUT2D eigenvalue weighted by Crippen LogP contribution is 2.21. The quantitative estimate of drug-likeness (QED) is 0.752. The lowest BCUT2D eigenvalue weighted by atomic mass is 9.95. The number of aliphatic hydroxyl groups excluding tert-OH is 1. The number of fused-ring (bicyclic) bond motifs is 1. The predicted octanol–water partition coefficient (Wildman–Crippen LogP) is 1.11. The van der Waals surface area contributed by atoms with Crippen molar-refractivity contribution in [3.8, 4) is 0 Å². The summed E-state index contributed by atoms with van der Waals surface area (Å²) in [6.07, 6.45) is 1.16. The highest BCUT2D eigenvalue weighted by Gasteiger charge is 2.31. The number of β-amino-alcohol motifs (C(OH)–C–C–N with tert-alkyl or cyclic N) is 1. The van der Waals surface area contributed by atoms with Crippen molar-refractivity contribution in [3.63, 3.8) is 0 Å². The van der Waals surface area contributed by atoms with E-state index in [4.69, 9.17) is 9.47 Å². The van der Waals surface area contributed by atoms with Gasteiger partial charge in [0.05, 0.1) is 13.2 Å². The molecule has 1 atom stereocenters. The molecule has 1 N–H and O–H groups in total. The molecule has 0 unspecified atom stereocenters. The SMILES string of the molecule is O=C(OC[C@H](O)CN1CCc2ccccc2C1)N1CCC(C(=O)N2CCOCC2)CC1. The molecule has 0 radical (unpaired) electrons. The lowest BCUT2D eigenvalue weighted by Crippen LogP contribution is -2.48. The van der Waals surface area contributed by atoms with Crippen molar-refractivity contribution in [1.82, 2.24) is 14.7 Å². The second-order valence-corrected chi connectivity index (χ2v) is 8.68. The number of hydrogen-bond acceptors (Lipinski definition) is 6. The molecule has 2 fully saturated rings. The van der Waals surface area contributed by atoms with Crippen LogP contribution in [0.5, 0.6) is 0 Å². The van der Waals surface area contributed by atoms with Crippen LogP contribution in [0, 0.1) is 5.92 Å². The Hall–Kier alpha value is -2.16. The number of carbonyl (C=O) groups is 2. The van der Waals surface area contributed by atoms with E-state index in [-0.39, 0.29) is 18.4 Å². The monoisotopic (exact) mass is 431 g/mol. The Morgan fingerprint density at radius 1 is 1.03 bits per heavy atom. The van der Waals surface area contributed by atoms with Crippen LogP contribution in [-0.2, 0) is 27.2 Å². The van der Waals surface area contributed by atoms with Gasteiger partial charge >= 0.3 is 6.09 Å². The van der Waals surface area contributed by atoms with E-state index in [0.29, 0.717) is 58.8 Å². The highest BCUT2D eigenvalue weighted by atomic mass is 16.6. The molecule has 1 aromatic rings. The molecule has 3 aliphatic heterocycles. The number of nitrogens with zero attached hydrogens (tertiary/aromatic N) is 3. The minimum absolute atomic E-state index is 0.0103. The van der Waals surface area contributed by atoms with Crippen LogP contribution in [0.1, 0.15) is 24.0 Å². The number of likely N-dealkylation sites (tertiary alicyclic amines) is 1. The van der Waals surface area contributed by atoms with Crippen molar-refractivity contribution in [2.24, 2.45) is 5.92 Å². The number of benzene rings is 1. The number of aliphatic hydroxyl groups is 1. The third-order valence-electron chi connectivity index (χ3n) is 6.50. The lowest BCUT2D eigenvalue weighted by molar-refractivity contribution is -0.141. The molecular weight excluding hydrogens is 398 g/mol. The van der Waals surface area contributed by atoms with E-state index in [0.717, 1.165) is 19.5 Å². The Morgan fingerprint density at radius 3 is 2.48 bits per heavy atom. The number of morpholine rings is 1. The first-order valence-electron chi connectivity index (χ1n) is 11.4. The van der Waals surface area contributed by atoms with E-state index in [9.17, 15) is 14.7 Å². The molecule has 170 valence electrons. The van der Waals surface area contributed by atoms with Crippen molar-refractivity contribution in [2.45, 2.75) is 31.9 Å². The van der Waals surface area contributed by atoms with Crippen LogP contribution < -0.4 is 0 Å². The molecular formula is C23H33N3O5. The Balaban J connectivity index is 1.15. The number of carbonyl (C=O) groups excluding carboxylic acids is 2. The van der Waals surface area contributed by atoms with Crippen LogP contribution in [0.4, 0.5) is 4.79 Å². The van der Waals surface area contributed by atoms with E-state index >= 15 is 0 Å². The first kappa shape index (κ1) is 22.0. The van der Waals surface area contributed by atoms with Gasteiger partial charge in [-0.05, 0) is 30.4 Å². The van der Waals surface area contributed by atoms with Crippen molar-refractivity contribution in [2.75, 3.05) is 59.1 Å². The molecule has 2 saturated heterocycles. The Morgan fingerprint density at radius 2 is 1.74 bits per heavy atom. The van der Waals surface area contributed by atoms with Crippen molar-refractivity contribution in [1.29, 1.82) is 0 Å². The maximum atomic E-state index is 12.6. The fourth-order valence-electron chi connectivity index (χ4n) is 4.67. The summed E-state index contributed by atoms with van der Waals surface area (Å²) < 4.78 is 10.7. The van der Waals surface area contributed by atoms with Gasteiger partial charge in [-0.1, -0.05) is 24.3 Å². The summed E-state index contributed by atoms with van der Waals surface area (Å²) in [6, 6.07) is 8.38. The van der Waals surface area contributed by atoms with Crippen LogP contribution in [0.25, 0.3) is 0 Å². The van der Waals surface area contributed by atoms with Crippen LogP contribution in [0.15, 0.2) is 24.3 Å². The molecule has 31 heavy (non-hydrogen) atoms. The zero-order chi connectivity index (χ0) is 21.6. The summed E-state index contributed by atoms with van der Waals surface area (Å²) in [5.74, 6) is 0.143. The van der Waals surface area contributed by atoms with Gasteiger partial charge in [0.2, 0.25) is 5.91 Å². The van der Waals surface area contributed by atoms with Crippen molar-refractivity contribution >= 4 is 12.0 Å². The topological polar surface area (TPSA) is 82.6 Å². The lowest BCUT2D eigenvalue weighted by Gasteiger charge is -2.35. The van der Waals surface area contributed by atoms with Crippen LogP contribution in [0.2, 0.25) is 0 Å². The normalized spacial score (nSPS) is 21.5. The summed E-state index contributed by atoms with van der Waals surface area (Å²) in [5.41, 5.74) is 2.67. The largest absolute Gasteiger partial charge is 0.447 e. The van der Waals surface area contributed by atoms with E-state index in [1.807, 2.05) is 11.0 Å². The van der Waals surface area contributed by atoms with Gasteiger partial charge in [-0.2, -0.15) is 0 Å².